The molecule has 122 valence electrons. The molecule has 1 aromatic carbocycles. The first kappa shape index (κ1) is 15.1. The summed E-state index contributed by atoms with van der Waals surface area (Å²) in [5, 5.41) is 2.58. The van der Waals surface area contributed by atoms with Crippen LogP contribution in [0.3, 0.4) is 0 Å². The minimum absolute atomic E-state index is 0.0231. The van der Waals surface area contributed by atoms with Gasteiger partial charge in [0.05, 0.1) is 23.3 Å². The van der Waals surface area contributed by atoms with Gasteiger partial charge in [-0.3, -0.25) is 14.2 Å². The van der Waals surface area contributed by atoms with Crippen LogP contribution in [0, 0.1) is 0 Å². The number of hydrogen-bond acceptors (Lipinski definition) is 4. The number of likely N-dealkylation sites (tertiary alicyclic amines) is 1. The molecule has 0 N–H and O–H groups in total. The summed E-state index contributed by atoms with van der Waals surface area (Å²) in [7, 11) is 0. The number of thiophene rings is 1. The third-order valence-electron chi connectivity index (χ3n) is 4.48. The number of aromatic nitrogens is 2. The number of rotatable bonds is 3. The zero-order valence-electron chi connectivity index (χ0n) is 13.1. The first-order valence-electron chi connectivity index (χ1n) is 8.01. The molecule has 4 rings (SSSR count). The number of para-hydroxylation sites is 1. The Bertz CT molecular complexity index is 933. The summed E-state index contributed by atoms with van der Waals surface area (Å²) in [5.41, 5.74) is 0.490. The van der Waals surface area contributed by atoms with E-state index in [0.717, 1.165) is 19.4 Å². The Hall–Kier alpha value is -2.47. The number of carbonyl (C=O) groups excluding carboxylic acids is 1. The lowest BCUT2D eigenvalue weighted by Crippen LogP contribution is -2.36. The first-order valence-corrected chi connectivity index (χ1v) is 8.89. The van der Waals surface area contributed by atoms with E-state index in [-0.39, 0.29) is 24.1 Å². The summed E-state index contributed by atoms with van der Waals surface area (Å²) in [6, 6.07) is 11.4. The fourth-order valence-electron chi connectivity index (χ4n) is 3.30. The summed E-state index contributed by atoms with van der Waals surface area (Å²) in [5.74, 6) is -0.0231. The molecule has 1 fully saturated rings. The highest BCUT2D eigenvalue weighted by Gasteiger charge is 2.30. The van der Waals surface area contributed by atoms with Crippen LogP contribution in [0.4, 0.5) is 0 Å². The fourth-order valence-corrected chi connectivity index (χ4v) is 4.17. The van der Waals surface area contributed by atoms with Gasteiger partial charge in [0.2, 0.25) is 5.91 Å². The van der Waals surface area contributed by atoms with Gasteiger partial charge in [-0.25, -0.2) is 4.98 Å². The van der Waals surface area contributed by atoms with Gasteiger partial charge >= 0.3 is 0 Å². The number of nitrogens with zero attached hydrogens (tertiary/aromatic N) is 3. The van der Waals surface area contributed by atoms with E-state index in [1.165, 1.54) is 15.8 Å². The van der Waals surface area contributed by atoms with Crippen molar-refractivity contribution in [2.75, 3.05) is 6.54 Å². The van der Waals surface area contributed by atoms with Crippen molar-refractivity contribution < 1.29 is 4.79 Å². The van der Waals surface area contributed by atoms with Crippen LogP contribution < -0.4 is 5.56 Å². The Balaban J connectivity index is 1.60. The summed E-state index contributed by atoms with van der Waals surface area (Å²) in [6.45, 7) is 0.787. The van der Waals surface area contributed by atoms with Crippen molar-refractivity contribution in [3.8, 4) is 0 Å². The second kappa shape index (κ2) is 6.20. The summed E-state index contributed by atoms with van der Waals surface area (Å²) < 4.78 is 1.41. The predicted octanol–water partition coefficient (Wildman–Crippen LogP) is 2.82. The molecular formula is C18H17N3O2S. The monoisotopic (exact) mass is 339 g/mol. The Labute approximate surface area is 143 Å². The van der Waals surface area contributed by atoms with Gasteiger partial charge in [-0.1, -0.05) is 18.2 Å². The van der Waals surface area contributed by atoms with Crippen molar-refractivity contribution in [1.82, 2.24) is 14.5 Å². The van der Waals surface area contributed by atoms with Crippen LogP contribution in [-0.4, -0.2) is 26.9 Å². The molecule has 0 radical (unpaired) electrons. The molecule has 0 bridgehead atoms. The van der Waals surface area contributed by atoms with Crippen molar-refractivity contribution >= 4 is 28.1 Å². The minimum Gasteiger partial charge on any atom is -0.333 e. The Morgan fingerprint density at radius 2 is 2.12 bits per heavy atom. The van der Waals surface area contributed by atoms with Crippen LogP contribution >= 0.6 is 11.3 Å². The first-order chi connectivity index (χ1) is 11.7. The molecule has 3 aromatic rings. The van der Waals surface area contributed by atoms with Crippen LogP contribution in [0.5, 0.6) is 0 Å². The van der Waals surface area contributed by atoms with Crippen molar-refractivity contribution in [2.24, 2.45) is 0 Å². The molecule has 2 aromatic heterocycles. The average molecular weight is 339 g/mol. The molecular weight excluding hydrogens is 322 g/mol. The zero-order chi connectivity index (χ0) is 16.5. The summed E-state index contributed by atoms with van der Waals surface area (Å²) >= 11 is 1.68. The number of amides is 1. The lowest BCUT2D eigenvalue weighted by atomic mass is 10.2. The Kier molecular flexibility index (Phi) is 3.90. The molecule has 6 heteroatoms. The van der Waals surface area contributed by atoms with E-state index in [1.807, 2.05) is 28.5 Å². The predicted molar refractivity (Wildman–Crippen MR) is 94.0 cm³/mol. The topological polar surface area (TPSA) is 55.2 Å². The SMILES string of the molecule is O=C(Cn1cnc2ccccc2c1=O)N1CCCC1c1cccs1. The lowest BCUT2D eigenvalue weighted by Gasteiger charge is -2.24. The molecule has 1 aliphatic heterocycles. The third kappa shape index (κ3) is 2.63. The highest BCUT2D eigenvalue weighted by Crippen LogP contribution is 2.34. The molecule has 1 aliphatic rings. The van der Waals surface area contributed by atoms with E-state index in [1.54, 1.807) is 23.5 Å². The quantitative estimate of drug-likeness (QED) is 0.737. The number of hydrogen-bond donors (Lipinski definition) is 0. The lowest BCUT2D eigenvalue weighted by molar-refractivity contribution is -0.132. The molecule has 1 saturated heterocycles. The van der Waals surface area contributed by atoms with Gasteiger partial charge in [-0.15, -0.1) is 11.3 Å². The Morgan fingerprint density at radius 1 is 1.25 bits per heavy atom. The van der Waals surface area contributed by atoms with Gasteiger partial charge in [-0.05, 0) is 36.4 Å². The van der Waals surface area contributed by atoms with Crippen LogP contribution in [0.15, 0.2) is 52.9 Å². The van der Waals surface area contributed by atoms with Gasteiger partial charge in [0.1, 0.15) is 6.54 Å². The van der Waals surface area contributed by atoms with Gasteiger partial charge in [0, 0.05) is 11.4 Å². The normalized spacial score (nSPS) is 17.5. The van der Waals surface area contributed by atoms with Crippen LogP contribution in [0.1, 0.15) is 23.8 Å². The third-order valence-corrected chi connectivity index (χ3v) is 5.46. The fraction of sp³-hybridized carbons (Fsp3) is 0.278. The van der Waals surface area contributed by atoms with Gasteiger partial charge < -0.3 is 4.90 Å². The standard InChI is InChI=1S/C18H17N3O2S/c22-17(21-9-3-7-15(21)16-8-4-10-24-16)11-20-12-19-14-6-2-1-5-13(14)18(20)23/h1-2,4-6,8,10,12,15H,3,7,9,11H2. The second-order valence-corrected chi connectivity index (χ2v) is 6.93. The molecule has 0 saturated carbocycles. The summed E-state index contributed by atoms with van der Waals surface area (Å²) in [4.78, 5) is 32.7. The highest BCUT2D eigenvalue weighted by molar-refractivity contribution is 7.10. The average Bonchev–Trinajstić information content (AvgIpc) is 3.28. The molecule has 3 heterocycles. The van der Waals surface area contributed by atoms with Gasteiger partial charge in [0.15, 0.2) is 0 Å². The molecule has 1 unspecified atom stereocenters. The maximum absolute atomic E-state index is 12.8. The number of fused-ring (bicyclic) bond motifs is 1. The van der Waals surface area contributed by atoms with E-state index < -0.39 is 0 Å². The van der Waals surface area contributed by atoms with Crippen molar-refractivity contribution in [1.29, 1.82) is 0 Å². The van der Waals surface area contributed by atoms with E-state index in [0.29, 0.717) is 10.9 Å². The second-order valence-electron chi connectivity index (χ2n) is 5.96. The molecule has 0 aliphatic carbocycles. The van der Waals surface area contributed by atoms with E-state index in [2.05, 4.69) is 11.1 Å². The maximum Gasteiger partial charge on any atom is 0.261 e. The van der Waals surface area contributed by atoms with E-state index >= 15 is 0 Å². The molecule has 24 heavy (non-hydrogen) atoms. The molecule has 0 spiro atoms. The van der Waals surface area contributed by atoms with Crippen LogP contribution in [-0.2, 0) is 11.3 Å². The van der Waals surface area contributed by atoms with Crippen LogP contribution in [0.25, 0.3) is 10.9 Å². The van der Waals surface area contributed by atoms with Crippen molar-refractivity contribution in [3.05, 3.63) is 63.3 Å². The van der Waals surface area contributed by atoms with Crippen molar-refractivity contribution in [2.45, 2.75) is 25.4 Å². The smallest absolute Gasteiger partial charge is 0.261 e. The molecule has 1 amide bonds. The maximum atomic E-state index is 12.8. The van der Waals surface area contributed by atoms with E-state index in [4.69, 9.17) is 0 Å². The summed E-state index contributed by atoms with van der Waals surface area (Å²) in [6.07, 6.45) is 3.45. The van der Waals surface area contributed by atoms with Gasteiger partial charge in [0.25, 0.3) is 5.56 Å². The molecule has 1 atom stereocenters. The highest BCUT2D eigenvalue weighted by atomic mass is 32.1. The van der Waals surface area contributed by atoms with Crippen LogP contribution in [0.2, 0.25) is 0 Å². The number of carbonyl (C=O) groups is 1. The largest absolute Gasteiger partial charge is 0.333 e. The molecule has 5 nitrogen and oxygen atoms in total. The van der Waals surface area contributed by atoms with Crippen molar-refractivity contribution in [3.63, 3.8) is 0 Å². The van der Waals surface area contributed by atoms with E-state index in [9.17, 15) is 9.59 Å². The minimum atomic E-state index is -0.166. The zero-order valence-corrected chi connectivity index (χ0v) is 13.9. The Morgan fingerprint density at radius 3 is 2.96 bits per heavy atom. The van der Waals surface area contributed by atoms with Gasteiger partial charge in [-0.2, -0.15) is 0 Å². The number of benzene rings is 1.